The van der Waals surface area contributed by atoms with Crippen molar-refractivity contribution in [3.8, 4) is 0 Å². The second-order valence-corrected chi connectivity index (χ2v) is 4.52. The van der Waals surface area contributed by atoms with E-state index in [1.165, 1.54) is 0 Å². The molecule has 2 atom stereocenters. The van der Waals surface area contributed by atoms with Crippen molar-refractivity contribution in [1.82, 2.24) is 5.32 Å². The van der Waals surface area contributed by atoms with E-state index in [1.807, 2.05) is 42.5 Å². The van der Waals surface area contributed by atoms with Crippen LogP contribution in [-0.4, -0.2) is 17.7 Å². The van der Waals surface area contributed by atoms with Gasteiger partial charge in [0.2, 0.25) is 0 Å². The summed E-state index contributed by atoms with van der Waals surface area (Å²) in [5.41, 5.74) is 0.940. The van der Waals surface area contributed by atoms with Gasteiger partial charge in [0.15, 0.2) is 0 Å². The molecule has 0 fully saturated rings. The third kappa shape index (κ3) is 3.72. The number of furan rings is 1. The minimum atomic E-state index is -0.467. The summed E-state index contributed by atoms with van der Waals surface area (Å²) >= 11 is 0. The Balaban J connectivity index is 1.77. The van der Waals surface area contributed by atoms with Crippen LogP contribution in [0.5, 0.6) is 0 Å². The molecule has 0 saturated carbocycles. The molecule has 0 aliphatic carbocycles. The first-order valence-electron chi connectivity index (χ1n) is 6.24. The number of rotatable bonds is 6. The van der Waals surface area contributed by atoms with Crippen molar-refractivity contribution in [2.24, 2.45) is 0 Å². The van der Waals surface area contributed by atoms with Crippen LogP contribution in [0.15, 0.2) is 53.1 Å². The fourth-order valence-corrected chi connectivity index (χ4v) is 1.91. The molecule has 0 aliphatic heterocycles. The summed E-state index contributed by atoms with van der Waals surface area (Å²) in [6, 6.07) is 13.8. The zero-order valence-corrected chi connectivity index (χ0v) is 10.5. The second kappa shape index (κ2) is 6.38. The maximum atomic E-state index is 10.0. The van der Waals surface area contributed by atoms with E-state index in [1.54, 1.807) is 6.26 Å². The first-order chi connectivity index (χ1) is 8.75. The molecule has 0 bridgehead atoms. The SMILES string of the molecule is CC(Cc1ccco1)NCC(O)c1ccccc1. The second-order valence-electron chi connectivity index (χ2n) is 4.52. The summed E-state index contributed by atoms with van der Waals surface area (Å²) in [6.07, 6.45) is 2.04. The van der Waals surface area contributed by atoms with Crippen LogP contribution in [0.25, 0.3) is 0 Å². The Hall–Kier alpha value is -1.58. The molecule has 0 spiro atoms. The first kappa shape index (κ1) is 12.9. The van der Waals surface area contributed by atoms with E-state index in [4.69, 9.17) is 4.42 Å². The standard InChI is InChI=1S/C15H19NO2/c1-12(10-14-8-5-9-18-14)16-11-15(17)13-6-3-2-4-7-13/h2-9,12,15-17H,10-11H2,1H3. The van der Waals surface area contributed by atoms with Crippen molar-refractivity contribution in [2.75, 3.05) is 6.54 Å². The molecule has 1 heterocycles. The molecule has 0 aliphatic rings. The number of aliphatic hydroxyl groups is 1. The summed E-state index contributed by atoms with van der Waals surface area (Å²) in [4.78, 5) is 0. The largest absolute Gasteiger partial charge is 0.469 e. The van der Waals surface area contributed by atoms with Crippen LogP contribution in [0.2, 0.25) is 0 Å². The molecule has 1 aromatic carbocycles. The Bertz CT molecular complexity index is 439. The van der Waals surface area contributed by atoms with Gasteiger partial charge < -0.3 is 14.8 Å². The summed E-state index contributed by atoms with van der Waals surface area (Å²) in [6.45, 7) is 2.63. The molecule has 3 heteroatoms. The van der Waals surface area contributed by atoms with Crippen molar-refractivity contribution in [1.29, 1.82) is 0 Å². The lowest BCUT2D eigenvalue weighted by Gasteiger charge is -2.16. The number of aliphatic hydroxyl groups excluding tert-OH is 1. The first-order valence-corrected chi connectivity index (χ1v) is 6.24. The Kier molecular flexibility index (Phi) is 4.56. The number of nitrogens with one attached hydrogen (secondary N) is 1. The van der Waals surface area contributed by atoms with Crippen LogP contribution in [0.1, 0.15) is 24.4 Å². The van der Waals surface area contributed by atoms with Gasteiger partial charge in [0.25, 0.3) is 0 Å². The molecule has 2 N–H and O–H groups in total. The molecular formula is C15H19NO2. The van der Waals surface area contributed by atoms with Crippen LogP contribution in [-0.2, 0) is 6.42 Å². The van der Waals surface area contributed by atoms with Gasteiger partial charge in [-0.2, -0.15) is 0 Å². The van der Waals surface area contributed by atoms with Gasteiger partial charge in [-0.25, -0.2) is 0 Å². The average Bonchev–Trinajstić information content (AvgIpc) is 2.90. The van der Waals surface area contributed by atoms with Gasteiger partial charge in [-0.3, -0.25) is 0 Å². The van der Waals surface area contributed by atoms with E-state index in [0.29, 0.717) is 6.54 Å². The van der Waals surface area contributed by atoms with Crippen molar-refractivity contribution in [2.45, 2.75) is 25.5 Å². The van der Waals surface area contributed by atoms with E-state index < -0.39 is 6.10 Å². The third-order valence-corrected chi connectivity index (χ3v) is 2.93. The number of benzene rings is 1. The molecule has 2 rings (SSSR count). The molecule has 2 aromatic rings. The van der Waals surface area contributed by atoms with Crippen molar-refractivity contribution < 1.29 is 9.52 Å². The van der Waals surface area contributed by atoms with Gasteiger partial charge in [0.1, 0.15) is 5.76 Å². The van der Waals surface area contributed by atoms with Gasteiger partial charge >= 0.3 is 0 Å². The lowest BCUT2D eigenvalue weighted by atomic mass is 10.1. The highest BCUT2D eigenvalue weighted by molar-refractivity contribution is 5.17. The van der Waals surface area contributed by atoms with Crippen LogP contribution in [0, 0.1) is 0 Å². The molecule has 3 nitrogen and oxygen atoms in total. The van der Waals surface area contributed by atoms with E-state index in [9.17, 15) is 5.11 Å². The Morgan fingerprint density at radius 3 is 2.61 bits per heavy atom. The zero-order chi connectivity index (χ0) is 12.8. The van der Waals surface area contributed by atoms with Crippen molar-refractivity contribution in [3.05, 3.63) is 60.1 Å². The van der Waals surface area contributed by atoms with Crippen molar-refractivity contribution >= 4 is 0 Å². The molecule has 18 heavy (non-hydrogen) atoms. The highest BCUT2D eigenvalue weighted by Crippen LogP contribution is 2.11. The van der Waals surface area contributed by atoms with Gasteiger partial charge in [-0.15, -0.1) is 0 Å². The Morgan fingerprint density at radius 2 is 1.94 bits per heavy atom. The molecule has 2 unspecified atom stereocenters. The van der Waals surface area contributed by atoms with Crippen LogP contribution < -0.4 is 5.32 Å². The Labute approximate surface area is 107 Å². The number of hydrogen-bond donors (Lipinski definition) is 2. The monoisotopic (exact) mass is 245 g/mol. The van der Waals surface area contributed by atoms with Gasteiger partial charge in [-0.05, 0) is 24.6 Å². The van der Waals surface area contributed by atoms with Gasteiger partial charge in [0, 0.05) is 19.0 Å². The van der Waals surface area contributed by atoms with E-state index in [-0.39, 0.29) is 6.04 Å². The maximum Gasteiger partial charge on any atom is 0.105 e. The summed E-state index contributed by atoms with van der Waals surface area (Å²) in [7, 11) is 0. The van der Waals surface area contributed by atoms with E-state index >= 15 is 0 Å². The normalized spacial score (nSPS) is 14.3. The predicted molar refractivity (Wildman–Crippen MR) is 71.3 cm³/mol. The molecule has 0 radical (unpaired) electrons. The highest BCUT2D eigenvalue weighted by atomic mass is 16.3. The smallest absolute Gasteiger partial charge is 0.105 e. The number of hydrogen-bond acceptors (Lipinski definition) is 3. The fraction of sp³-hybridized carbons (Fsp3) is 0.333. The van der Waals surface area contributed by atoms with E-state index in [2.05, 4.69) is 12.2 Å². The van der Waals surface area contributed by atoms with Crippen LogP contribution >= 0.6 is 0 Å². The lowest BCUT2D eigenvalue weighted by Crippen LogP contribution is -2.31. The minimum Gasteiger partial charge on any atom is -0.469 e. The molecule has 0 amide bonds. The highest BCUT2D eigenvalue weighted by Gasteiger charge is 2.10. The lowest BCUT2D eigenvalue weighted by molar-refractivity contribution is 0.170. The molecular weight excluding hydrogens is 226 g/mol. The molecule has 0 saturated heterocycles. The molecule has 96 valence electrons. The fourth-order valence-electron chi connectivity index (χ4n) is 1.91. The van der Waals surface area contributed by atoms with E-state index in [0.717, 1.165) is 17.7 Å². The van der Waals surface area contributed by atoms with Crippen LogP contribution in [0.4, 0.5) is 0 Å². The summed E-state index contributed by atoms with van der Waals surface area (Å²) in [5, 5.41) is 13.3. The third-order valence-electron chi connectivity index (χ3n) is 2.93. The maximum absolute atomic E-state index is 10.0. The summed E-state index contributed by atoms with van der Waals surface area (Å²) in [5.74, 6) is 0.962. The summed E-state index contributed by atoms with van der Waals surface area (Å²) < 4.78 is 5.29. The molecule has 1 aromatic heterocycles. The quantitative estimate of drug-likeness (QED) is 0.822. The topological polar surface area (TPSA) is 45.4 Å². The zero-order valence-electron chi connectivity index (χ0n) is 10.5. The minimum absolute atomic E-state index is 0.273. The Morgan fingerprint density at radius 1 is 1.17 bits per heavy atom. The van der Waals surface area contributed by atoms with Gasteiger partial charge in [-0.1, -0.05) is 30.3 Å². The van der Waals surface area contributed by atoms with Crippen LogP contribution in [0.3, 0.4) is 0 Å². The van der Waals surface area contributed by atoms with Gasteiger partial charge in [0.05, 0.1) is 12.4 Å². The average molecular weight is 245 g/mol. The van der Waals surface area contributed by atoms with Crippen molar-refractivity contribution in [3.63, 3.8) is 0 Å². The predicted octanol–water partition coefficient (Wildman–Crippen LogP) is 2.53.